The van der Waals surface area contributed by atoms with Crippen LogP contribution in [0.3, 0.4) is 0 Å². The number of nitrogens with zero attached hydrogens (tertiary/aromatic N) is 1. The molecular weight excluding hydrogens is 319 g/mol. The number of halogens is 2. The maximum atomic E-state index is 13.9. The average Bonchev–Trinajstić information content (AvgIpc) is 2.49. The Morgan fingerprint density at radius 1 is 1.38 bits per heavy atom. The lowest BCUT2D eigenvalue weighted by molar-refractivity contribution is -0.125. The van der Waals surface area contributed by atoms with Gasteiger partial charge in [-0.1, -0.05) is 17.7 Å². The fourth-order valence-electron chi connectivity index (χ4n) is 2.38. The minimum atomic E-state index is -3.93. The molecule has 2 rings (SSSR count). The zero-order valence-electron chi connectivity index (χ0n) is 11.5. The molecule has 21 heavy (non-hydrogen) atoms. The van der Waals surface area contributed by atoms with Gasteiger partial charge in [0.1, 0.15) is 4.90 Å². The van der Waals surface area contributed by atoms with E-state index in [1.807, 2.05) is 0 Å². The molecule has 1 amide bonds. The first-order chi connectivity index (χ1) is 9.87. The van der Waals surface area contributed by atoms with E-state index in [1.165, 1.54) is 22.5 Å². The number of nitrogens with one attached hydrogen (secondary N) is 1. The number of rotatable bonds is 3. The minimum Gasteiger partial charge on any atom is -0.359 e. The summed E-state index contributed by atoms with van der Waals surface area (Å²) in [5, 5.41) is 2.33. The predicted octanol–water partition coefficient (Wildman–Crippen LogP) is 1.63. The number of sulfonamides is 1. The summed E-state index contributed by atoms with van der Waals surface area (Å²) < 4.78 is 40.0. The summed E-state index contributed by atoms with van der Waals surface area (Å²) in [6.45, 7) is 0.374. The van der Waals surface area contributed by atoms with Crippen molar-refractivity contribution < 1.29 is 17.6 Å². The highest BCUT2D eigenvalue weighted by molar-refractivity contribution is 7.89. The fraction of sp³-hybridized carbons (Fsp3) is 0.462. The van der Waals surface area contributed by atoms with Crippen LogP contribution in [-0.4, -0.2) is 38.8 Å². The highest BCUT2D eigenvalue weighted by atomic mass is 35.5. The lowest BCUT2D eigenvalue weighted by Gasteiger charge is -2.30. The third kappa shape index (κ3) is 3.20. The largest absolute Gasteiger partial charge is 0.359 e. The Morgan fingerprint density at radius 2 is 2.00 bits per heavy atom. The van der Waals surface area contributed by atoms with Crippen LogP contribution in [0.5, 0.6) is 0 Å². The molecule has 0 unspecified atom stereocenters. The number of carbonyl (C=O) groups excluding carboxylic acids is 1. The molecule has 1 N–H and O–H groups in total. The van der Waals surface area contributed by atoms with Gasteiger partial charge in [-0.3, -0.25) is 4.79 Å². The van der Waals surface area contributed by atoms with Gasteiger partial charge in [0, 0.05) is 26.1 Å². The summed E-state index contributed by atoms with van der Waals surface area (Å²) in [5.41, 5.74) is 0. The molecule has 1 aromatic carbocycles. The van der Waals surface area contributed by atoms with Gasteiger partial charge < -0.3 is 5.32 Å². The molecule has 0 aromatic heterocycles. The molecule has 1 aliphatic rings. The van der Waals surface area contributed by atoms with Crippen LogP contribution in [0.2, 0.25) is 5.02 Å². The van der Waals surface area contributed by atoms with Crippen LogP contribution in [0.25, 0.3) is 0 Å². The molecule has 0 bridgehead atoms. The van der Waals surface area contributed by atoms with Crippen LogP contribution in [-0.2, 0) is 14.8 Å². The Hall–Kier alpha value is -1.18. The van der Waals surface area contributed by atoms with E-state index in [0.29, 0.717) is 12.8 Å². The second-order valence-electron chi connectivity index (χ2n) is 4.84. The monoisotopic (exact) mass is 334 g/mol. The van der Waals surface area contributed by atoms with Crippen LogP contribution >= 0.6 is 11.6 Å². The fourth-order valence-corrected chi connectivity index (χ4v) is 4.17. The van der Waals surface area contributed by atoms with Gasteiger partial charge in [0.2, 0.25) is 15.9 Å². The maximum Gasteiger partial charge on any atom is 0.246 e. The van der Waals surface area contributed by atoms with E-state index >= 15 is 0 Å². The Bertz CT molecular complexity index is 643. The number of amides is 1. The van der Waals surface area contributed by atoms with E-state index < -0.39 is 20.7 Å². The molecule has 5 nitrogen and oxygen atoms in total. The molecule has 116 valence electrons. The summed E-state index contributed by atoms with van der Waals surface area (Å²) in [5.74, 6) is -1.24. The predicted molar refractivity (Wildman–Crippen MR) is 77.0 cm³/mol. The van der Waals surface area contributed by atoms with Crippen molar-refractivity contribution in [2.75, 3.05) is 20.1 Å². The summed E-state index contributed by atoms with van der Waals surface area (Å²) >= 11 is 5.63. The highest BCUT2D eigenvalue weighted by Gasteiger charge is 2.33. The van der Waals surface area contributed by atoms with Crippen molar-refractivity contribution >= 4 is 27.5 Å². The third-order valence-electron chi connectivity index (χ3n) is 3.61. The van der Waals surface area contributed by atoms with E-state index in [9.17, 15) is 17.6 Å². The van der Waals surface area contributed by atoms with Gasteiger partial charge in [-0.2, -0.15) is 4.31 Å². The Kier molecular flexibility index (Phi) is 4.85. The standard InChI is InChI=1S/C13H16ClFN2O3S/c1-16-13(18)9-5-7-17(8-6-9)21(19,20)11-4-2-3-10(14)12(11)15/h2-4,9H,5-8H2,1H3,(H,16,18). The first kappa shape index (κ1) is 16.2. The van der Waals surface area contributed by atoms with E-state index in [0.717, 1.165) is 0 Å². The van der Waals surface area contributed by atoms with Crippen molar-refractivity contribution in [3.63, 3.8) is 0 Å². The first-order valence-electron chi connectivity index (χ1n) is 6.53. The zero-order chi connectivity index (χ0) is 15.6. The minimum absolute atomic E-state index is 0.0963. The first-order valence-corrected chi connectivity index (χ1v) is 8.35. The Morgan fingerprint density at radius 3 is 2.57 bits per heavy atom. The van der Waals surface area contributed by atoms with Crippen LogP contribution in [0.4, 0.5) is 4.39 Å². The van der Waals surface area contributed by atoms with Crippen LogP contribution in [0, 0.1) is 11.7 Å². The van der Waals surface area contributed by atoms with Gasteiger partial charge in [0.25, 0.3) is 0 Å². The topological polar surface area (TPSA) is 66.5 Å². The van der Waals surface area contributed by atoms with E-state index in [2.05, 4.69) is 5.32 Å². The van der Waals surface area contributed by atoms with Gasteiger partial charge in [-0.15, -0.1) is 0 Å². The molecule has 1 saturated heterocycles. The average molecular weight is 335 g/mol. The smallest absolute Gasteiger partial charge is 0.246 e. The molecule has 0 saturated carbocycles. The molecule has 8 heteroatoms. The van der Waals surface area contributed by atoms with Crippen LogP contribution in [0.15, 0.2) is 23.1 Å². The molecule has 1 heterocycles. The van der Waals surface area contributed by atoms with Gasteiger partial charge >= 0.3 is 0 Å². The maximum absolute atomic E-state index is 13.9. The molecule has 0 atom stereocenters. The normalized spacial score (nSPS) is 17.7. The van der Waals surface area contributed by atoms with E-state index in [1.54, 1.807) is 7.05 Å². The van der Waals surface area contributed by atoms with E-state index in [4.69, 9.17) is 11.6 Å². The van der Waals surface area contributed by atoms with Gasteiger partial charge in [-0.25, -0.2) is 12.8 Å². The van der Waals surface area contributed by atoms with E-state index in [-0.39, 0.29) is 29.9 Å². The summed E-state index contributed by atoms with van der Waals surface area (Å²) in [4.78, 5) is 11.1. The molecule has 1 aliphatic heterocycles. The van der Waals surface area contributed by atoms with Crippen LogP contribution in [0.1, 0.15) is 12.8 Å². The molecule has 1 fully saturated rings. The van der Waals surface area contributed by atoms with Crippen molar-refractivity contribution in [3.8, 4) is 0 Å². The number of piperidine rings is 1. The second kappa shape index (κ2) is 6.29. The van der Waals surface area contributed by atoms with Gasteiger partial charge in [0.05, 0.1) is 5.02 Å². The highest BCUT2D eigenvalue weighted by Crippen LogP contribution is 2.28. The quantitative estimate of drug-likeness (QED) is 0.913. The Balaban J connectivity index is 2.19. The summed E-state index contributed by atoms with van der Waals surface area (Å²) in [6, 6.07) is 3.89. The number of carbonyl (C=O) groups is 1. The second-order valence-corrected chi connectivity index (χ2v) is 7.16. The molecule has 0 spiro atoms. The van der Waals surface area contributed by atoms with Crippen LogP contribution < -0.4 is 5.32 Å². The number of hydrogen-bond donors (Lipinski definition) is 1. The molecular formula is C13H16ClFN2O3S. The lowest BCUT2D eigenvalue weighted by Crippen LogP contribution is -2.42. The lowest BCUT2D eigenvalue weighted by atomic mass is 9.97. The van der Waals surface area contributed by atoms with Gasteiger partial charge in [0.15, 0.2) is 5.82 Å². The zero-order valence-corrected chi connectivity index (χ0v) is 13.0. The van der Waals surface area contributed by atoms with Crippen molar-refractivity contribution in [3.05, 3.63) is 29.0 Å². The SMILES string of the molecule is CNC(=O)C1CCN(S(=O)(=O)c2cccc(Cl)c2F)CC1. The van der Waals surface area contributed by atoms with Gasteiger partial charge in [-0.05, 0) is 25.0 Å². The Labute approximate surface area is 128 Å². The molecule has 1 aromatic rings. The van der Waals surface area contributed by atoms with Crippen molar-refractivity contribution in [2.45, 2.75) is 17.7 Å². The summed E-state index contributed by atoms with van der Waals surface area (Å²) in [6.07, 6.45) is 0.835. The number of hydrogen-bond acceptors (Lipinski definition) is 3. The molecule has 0 aliphatic carbocycles. The van der Waals surface area contributed by atoms with Crippen molar-refractivity contribution in [1.29, 1.82) is 0 Å². The van der Waals surface area contributed by atoms with Crippen molar-refractivity contribution in [1.82, 2.24) is 9.62 Å². The molecule has 0 radical (unpaired) electrons. The number of benzene rings is 1. The van der Waals surface area contributed by atoms with Crippen molar-refractivity contribution in [2.24, 2.45) is 5.92 Å². The summed E-state index contributed by atoms with van der Waals surface area (Å²) in [7, 11) is -2.38. The third-order valence-corrected chi connectivity index (χ3v) is 5.81.